The monoisotopic (exact) mass is 337 g/mol. The molecule has 1 saturated heterocycles. The topological polar surface area (TPSA) is 61.6 Å². The minimum Gasteiger partial charge on any atom is -0.363 e. The molecule has 3 aromatic heterocycles. The van der Waals surface area contributed by atoms with Crippen molar-refractivity contribution in [3.63, 3.8) is 0 Å². The van der Waals surface area contributed by atoms with Crippen LogP contribution in [0.25, 0.3) is 5.65 Å². The molecular weight excluding hydrogens is 314 g/mol. The van der Waals surface area contributed by atoms with Gasteiger partial charge >= 0.3 is 0 Å². The van der Waals surface area contributed by atoms with Crippen LogP contribution in [0.3, 0.4) is 0 Å². The molecule has 0 spiro atoms. The number of piperazine rings is 1. The largest absolute Gasteiger partial charge is 0.363 e. The molecule has 0 bridgehead atoms. The SMILES string of the molecule is CCN1CCN(c2ccc(CNc3nccn4ccnc34)cn2)CC1. The van der Waals surface area contributed by atoms with Gasteiger partial charge in [0.05, 0.1) is 0 Å². The maximum absolute atomic E-state index is 4.64. The first-order valence-electron chi connectivity index (χ1n) is 8.77. The van der Waals surface area contributed by atoms with Gasteiger partial charge < -0.3 is 19.5 Å². The Morgan fingerprint density at radius 1 is 1.00 bits per heavy atom. The van der Waals surface area contributed by atoms with E-state index in [2.05, 4.69) is 49.1 Å². The second-order valence-corrected chi connectivity index (χ2v) is 6.23. The molecule has 1 N–H and O–H groups in total. The van der Waals surface area contributed by atoms with Gasteiger partial charge in [-0.3, -0.25) is 0 Å². The lowest BCUT2D eigenvalue weighted by molar-refractivity contribution is 0.270. The van der Waals surface area contributed by atoms with Crippen LogP contribution in [0.5, 0.6) is 0 Å². The number of imidazole rings is 1. The van der Waals surface area contributed by atoms with Gasteiger partial charge in [-0.25, -0.2) is 15.0 Å². The molecule has 7 heteroatoms. The van der Waals surface area contributed by atoms with Gasteiger partial charge in [-0.2, -0.15) is 0 Å². The first kappa shape index (κ1) is 15.8. The number of pyridine rings is 1. The zero-order valence-electron chi connectivity index (χ0n) is 14.5. The molecule has 1 aliphatic heterocycles. The van der Waals surface area contributed by atoms with E-state index in [1.807, 2.05) is 23.0 Å². The summed E-state index contributed by atoms with van der Waals surface area (Å²) in [6.07, 6.45) is 9.30. The molecule has 0 radical (unpaired) electrons. The zero-order valence-corrected chi connectivity index (χ0v) is 14.5. The van der Waals surface area contributed by atoms with E-state index in [0.717, 1.165) is 55.6 Å². The smallest absolute Gasteiger partial charge is 0.180 e. The van der Waals surface area contributed by atoms with Gasteiger partial charge in [0.2, 0.25) is 0 Å². The maximum Gasteiger partial charge on any atom is 0.180 e. The summed E-state index contributed by atoms with van der Waals surface area (Å²) >= 11 is 0. The highest BCUT2D eigenvalue weighted by molar-refractivity contribution is 5.62. The van der Waals surface area contributed by atoms with Crippen LogP contribution in [0, 0.1) is 0 Å². The number of fused-ring (bicyclic) bond motifs is 1. The van der Waals surface area contributed by atoms with Crippen molar-refractivity contribution in [1.82, 2.24) is 24.3 Å². The van der Waals surface area contributed by atoms with Gasteiger partial charge in [0, 0.05) is 63.7 Å². The Labute approximate surface area is 147 Å². The van der Waals surface area contributed by atoms with Gasteiger partial charge in [-0.05, 0) is 18.2 Å². The van der Waals surface area contributed by atoms with E-state index in [0.29, 0.717) is 6.54 Å². The van der Waals surface area contributed by atoms with Crippen molar-refractivity contribution in [3.05, 3.63) is 48.7 Å². The van der Waals surface area contributed by atoms with E-state index in [9.17, 15) is 0 Å². The molecule has 7 nitrogen and oxygen atoms in total. The standard InChI is InChI=1S/C18H23N7/c1-2-23-9-11-24(12-10-23)16-4-3-15(13-21-16)14-22-17-18-20-6-8-25(18)7-5-19-17/h3-8,13H,2,9-12,14H2,1H3,(H,19,22). The fourth-order valence-electron chi connectivity index (χ4n) is 3.17. The third kappa shape index (κ3) is 3.41. The van der Waals surface area contributed by atoms with E-state index in [1.165, 1.54) is 0 Å². The molecule has 130 valence electrons. The van der Waals surface area contributed by atoms with Gasteiger partial charge in [0.25, 0.3) is 0 Å². The van der Waals surface area contributed by atoms with Crippen LogP contribution in [0.15, 0.2) is 43.1 Å². The van der Waals surface area contributed by atoms with Crippen molar-refractivity contribution < 1.29 is 0 Å². The predicted molar refractivity (Wildman–Crippen MR) is 98.9 cm³/mol. The molecule has 25 heavy (non-hydrogen) atoms. The van der Waals surface area contributed by atoms with Crippen LogP contribution in [-0.4, -0.2) is 57.0 Å². The third-order valence-corrected chi connectivity index (χ3v) is 4.72. The average Bonchev–Trinajstić information content (AvgIpc) is 3.16. The number of rotatable bonds is 5. The van der Waals surface area contributed by atoms with Crippen molar-refractivity contribution >= 4 is 17.3 Å². The summed E-state index contributed by atoms with van der Waals surface area (Å²) in [7, 11) is 0. The molecule has 0 unspecified atom stereocenters. The molecule has 0 saturated carbocycles. The lowest BCUT2D eigenvalue weighted by Crippen LogP contribution is -2.46. The summed E-state index contributed by atoms with van der Waals surface area (Å²) in [6.45, 7) is 8.34. The number of aromatic nitrogens is 4. The molecule has 4 heterocycles. The van der Waals surface area contributed by atoms with Crippen LogP contribution >= 0.6 is 0 Å². The summed E-state index contributed by atoms with van der Waals surface area (Å²) in [5.74, 6) is 1.85. The minimum absolute atomic E-state index is 0.677. The molecule has 3 aromatic rings. The Bertz CT molecular complexity index is 819. The highest BCUT2D eigenvalue weighted by Crippen LogP contribution is 2.16. The van der Waals surface area contributed by atoms with E-state index in [-0.39, 0.29) is 0 Å². The first-order valence-corrected chi connectivity index (χ1v) is 8.77. The normalized spacial score (nSPS) is 15.6. The molecule has 0 atom stereocenters. The van der Waals surface area contributed by atoms with Crippen molar-refractivity contribution in [2.45, 2.75) is 13.5 Å². The second kappa shape index (κ2) is 7.06. The van der Waals surface area contributed by atoms with Gasteiger partial charge in [0.1, 0.15) is 5.82 Å². The lowest BCUT2D eigenvalue weighted by atomic mass is 10.2. The molecule has 0 amide bonds. The van der Waals surface area contributed by atoms with Crippen LogP contribution in [0.4, 0.5) is 11.6 Å². The van der Waals surface area contributed by atoms with Crippen molar-refractivity contribution in [1.29, 1.82) is 0 Å². The number of hydrogen-bond donors (Lipinski definition) is 1. The summed E-state index contributed by atoms with van der Waals surface area (Å²) in [4.78, 5) is 18.2. The molecule has 1 aliphatic rings. The maximum atomic E-state index is 4.64. The Morgan fingerprint density at radius 2 is 1.80 bits per heavy atom. The number of nitrogens with zero attached hydrogens (tertiary/aromatic N) is 6. The molecule has 1 fully saturated rings. The Kier molecular flexibility index (Phi) is 4.47. The fourth-order valence-corrected chi connectivity index (χ4v) is 3.17. The Hall–Kier alpha value is -2.67. The van der Waals surface area contributed by atoms with Crippen LogP contribution in [-0.2, 0) is 6.54 Å². The van der Waals surface area contributed by atoms with Crippen molar-refractivity contribution in [2.24, 2.45) is 0 Å². The Morgan fingerprint density at radius 3 is 2.52 bits per heavy atom. The zero-order chi connectivity index (χ0) is 17.1. The van der Waals surface area contributed by atoms with Crippen LogP contribution in [0.2, 0.25) is 0 Å². The van der Waals surface area contributed by atoms with Gasteiger partial charge in [0.15, 0.2) is 11.5 Å². The highest BCUT2D eigenvalue weighted by Gasteiger charge is 2.16. The minimum atomic E-state index is 0.677. The predicted octanol–water partition coefficient (Wildman–Crippen LogP) is 1.88. The summed E-state index contributed by atoms with van der Waals surface area (Å²) in [5, 5.41) is 3.35. The second-order valence-electron chi connectivity index (χ2n) is 6.23. The lowest BCUT2D eigenvalue weighted by Gasteiger charge is -2.34. The van der Waals surface area contributed by atoms with Crippen molar-refractivity contribution in [3.8, 4) is 0 Å². The fraction of sp³-hybridized carbons (Fsp3) is 0.389. The number of hydrogen-bond acceptors (Lipinski definition) is 6. The van der Waals surface area contributed by atoms with E-state index < -0.39 is 0 Å². The van der Waals surface area contributed by atoms with Gasteiger partial charge in [-0.15, -0.1) is 0 Å². The van der Waals surface area contributed by atoms with Crippen molar-refractivity contribution in [2.75, 3.05) is 42.9 Å². The highest BCUT2D eigenvalue weighted by atomic mass is 15.3. The summed E-state index contributed by atoms with van der Waals surface area (Å²) in [6, 6.07) is 4.25. The van der Waals surface area contributed by atoms with E-state index >= 15 is 0 Å². The molecule has 0 aromatic carbocycles. The average molecular weight is 337 g/mol. The van der Waals surface area contributed by atoms with E-state index in [4.69, 9.17) is 0 Å². The molecule has 0 aliphatic carbocycles. The molecular formula is C18H23N7. The summed E-state index contributed by atoms with van der Waals surface area (Å²) in [5.41, 5.74) is 1.96. The molecule has 4 rings (SSSR count). The van der Waals surface area contributed by atoms with Crippen LogP contribution < -0.4 is 10.2 Å². The number of anilines is 2. The third-order valence-electron chi connectivity index (χ3n) is 4.72. The first-order chi connectivity index (χ1) is 12.3. The van der Waals surface area contributed by atoms with Gasteiger partial charge in [-0.1, -0.05) is 13.0 Å². The van der Waals surface area contributed by atoms with Crippen LogP contribution in [0.1, 0.15) is 12.5 Å². The number of nitrogens with one attached hydrogen (secondary N) is 1. The Balaban J connectivity index is 1.38. The quantitative estimate of drug-likeness (QED) is 0.767. The summed E-state index contributed by atoms with van der Waals surface area (Å²) < 4.78 is 1.95. The van der Waals surface area contributed by atoms with E-state index in [1.54, 1.807) is 12.4 Å². The number of likely N-dealkylation sites (N-methyl/N-ethyl adjacent to an activating group) is 1.